The van der Waals surface area contributed by atoms with Gasteiger partial charge in [0.1, 0.15) is 4.90 Å². The van der Waals surface area contributed by atoms with E-state index in [-0.39, 0.29) is 28.8 Å². The summed E-state index contributed by atoms with van der Waals surface area (Å²) in [5.41, 5.74) is 0.763. The molecule has 0 saturated carbocycles. The smallest absolute Gasteiger partial charge is 0.264 e. The summed E-state index contributed by atoms with van der Waals surface area (Å²) in [4.78, 5) is 14.6. The van der Waals surface area contributed by atoms with Gasteiger partial charge in [0.05, 0.1) is 11.3 Å². The van der Waals surface area contributed by atoms with Crippen LogP contribution in [0.3, 0.4) is 0 Å². The Morgan fingerprint density at radius 2 is 1.58 bits per heavy atom. The molecule has 1 aliphatic rings. The molecule has 0 bridgehead atoms. The van der Waals surface area contributed by atoms with E-state index in [1.807, 2.05) is 6.07 Å². The molecule has 0 atom stereocenters. The second-order valence-electron chi connectivity index (χ2n) is 5.85. The minimum Gasteiger partial charge on any atom is -0.336 e. The average molecular weight is 396 g/mol. The van der Waals surface area contributed by atoms with Crippen molar-refractivity contribution in [2.75, 3.05) is 37.5 Å². The molecule has 26 heavy (non-hydrogen) atoms. The van der Waals surface area contributed by atoms with Crippen molar-refractivity contribution >= 4 is 34.0 Å². The van der Waals surface area contributed by atoms with Crippen LogP contribution in [0.25, 0.3) is 0 Å². The number of para-hydroxylation sites is 1. The van der Waals surface area contributed by atoms with Crippen LogP contribution in [0.1, 0.15) is 10.4 Å². The zero-order valence-corrected chi connectivity index (χ0v) is 16.1. The van der Waals surface area contributed by atoms with Crippen molar-refractivity contribution in [2.45, 2.75) is 4.90 Å². The number of rotatable bonds is 4. The molecule has 0 aliphatic carbocycles. The second-order valence-corrected chi connectivity index (χ2v) is 7.78. The summed E-state index contributed by atoms with van der Waals surface area (Å²) >= 11 is 0. The minimum absolute atomic E-state index is 0. The number of carbonyl (C=O) groups excluding carboxylic acids is 1. The lowest BCUT2D eigenvalue weighted by Gasteiger charge is -2.28. The number of benzene rings is 2. The van der Waals surface area contributed by atoms with E-state index in [1.165, 1.54) is 17.4 Å². The van der Waals surface area contributed by atoms with Gasteiger partial charge in [0.25, 0.3) is 15.9 Å². The Balaban J connectivity index is 0.00000243. The number of piperazine rings is 1. The van der Waals surface area contributed by atoms with E-state index >= 15 is 0 Å². The first-order valence-electron chi connectivity index (χ1n) is 8.15. The van der Waals surface area contributed by atoms with Gasteiger partial charge in [-0.25, -0.2) is 8.42 Å². The molecule has 1 aliphatic heterocycles. The van der Waals surface area contributed by atoms with Crippen molar-refractivity contribution in [3.63, 3.8) is 0 Å². The van der Waals surface area contributed by atoms with E-state index in [0.717, 1.165) is 0 Å². The standard InChI is InChI=1S/C18H21N3O3S.ClH/c1-20(15-7-3-2-4-8-15)25(23,24)17-10-6-5-9-16(17)18(22)21-13-11-19-12-14-21;/h2-10,19H,11-14H2,1H3;1H. The Labute approximate surface area is 160 Å². The van der Waals surface area contributed by atoms with E-state index in [9.17, 15) is 13.2 Å². The summed E-state index contributed by atoms with van der Waals surface area (Å²) in [5.74, 6) is -0.248. The molecule has 3 rings (SSSR count). The third-order valence-corrected chi connectivity index (χ3v) is 6.12. The maximum Gasteiger partial charge on any atom is 0.264 e. The van der Waals surface area contributed by atoms with Crippen LogP contribution in [0.4, 0.5) is 5.69 Å². The van der Waals surface area contributed by atoms with Gasteiger partial charge < -0.3 is 10.2 Å². The first kappa shape index (κ1) is 20.2. The zero-order chi connectivity index (χ0) is 17.9. The van der Waals surface area contributed by atoms with Crippen molar-refractivity contribution in [2.24, 2.45) is 0 Å². The number of nitrogens with one attached hydrogen (secondary N) is 1. The van der Waals surface area contributed by atoms with Crippen LogP contribution >= 0.6 is 12.4 Å². The highest BCUT2D eigenvalue weighted by Crippen LogP contribution is 2.25. The van der Waals surface area contributed by atoms with E-state index in [1.54, 1.807) is 47.4 Å². The second kappa shape index (κ2) is 8.53. The van der Waals surface area contributed by atoms with Crippen LogP contribution in [-0.4, -0.2) is 52.5 Å². The van der Waals surface area contributed by atoms with Crippen LogP contribution < -0.4 is 9.62 Å². The van der Waals surface area contributed by atoms with Gasteiger partial charge >= 0.3 is 0 Å². The fourth-order valence-corrected chi connectivity index (χ4v) is 4.21. The molecule has 2 aromatic carbocycles. The number of sulfonamides is 1. The highest BCUT2D eigenvalue weighted by atomic mass is 35.5. The van der Waals surface area contributed by atoms with Crippen LogP contribution in [0, 0.1) is 0 Å². The molecule has 0 radical (unpaired) electrons. The number of hydrogen-bond donors (Lipinski definition) is 1. The topological polar surface area (TPSA) is 69.7 Å². The molecule has 1 N–H and O–H groups in total. The molecule has 1 heterocycles. The largest absolute Gasteiger partial charge is 0.336 e. The minimum atomic E-state index is -3.84. The Kier molecular flexibility index (Phi) is 6.63. The highest BCUT2D eigenvalue weighted by molar-refractivity contribution is 7.92. The number of halogens is 1. The fraction of sp³-hybridized carbons (Fsp3) is 0.278. The summed E-state index contributed by atoms with van der Waals surface area (Å²) in [6.45, 7) is 2.57. The summed E-state index contributed by atoms with van der Waals surface area (Å²) in [5, 5.41) is 3.19. The van der Waals surface area contributed by atoms with Gasteiger partial charge in [-0.2, -0.15) is 0 Å². The van der Waals surface area contributed by atoms with Gasteiger partial charge in [-0.15, -0.1) is 12.4 Å². The molecule has 0 spiro atoms. The molecule has 1 amide bonds. The maximum atomic E-state index is 13.1. The number of carbonyl (C=O) groups is 1. The quantitative estimate of drug-likeness (QED) is 0.859. The number of hydrogen-bond acceptors (Lipinski definition) is 4. The van der Waals surface area contributed by atoms with Gasteiger partial charge in [0.15, 0.2) is 0 Å². The predicted molar refractivity (Wildman–Crippen MR) is 104 cm³/mol. The van der Waals surface area contributed by atoms with Crippen LogP contribution in [0.2, 0.25) is 0 Å². The van der Waals surface area contributed by atoms with Gasteiger partial charge in [0.2, 0.25) is 0 Å². The average Bonchev–Trinajstić information content (AvgIpc) is 2.68. The molecule has 1 saturated heterocycles. The van der Waals surface area contributed by atoms with Gasteiger partial charge in [-0.05, 0) is 24.3 Å². The highest BCUT2D eigenvalue weighted by Gasteiger charge is 2.29. The third kappa shape index (κ3) is 4.00. The molecule has 6 nitrogen and oxygen atoms in total. The van der Waals surface area contributed by atoms with E-state index in [2.05, 4.69) is 5.32 Å². The van der Waals surface area contributed by atoms with Gasteiger partial charge in [0, 0.05) is 33.2 Å². The summed E-state index contributed by atoms with van der Waals surface area (Å²) in [6.07, 6.45) is 0. The molecule has 140 valence electrons. The predicted octanol–water partition coefficient (Wildman–Crippen LogP) is 1.98. The Hall–Kier alpha value is -2.09. The Morgan fingerprint density at radius 1 is 1.00 bits per heavy atom. The maximum absolute atomic E-state index is 13.1. The SMILES string of the molecule is CN(c1ccccc1)S(=O)(=O)c1ccccc1C(=O)N1CCNCC1.Cl. The summed E-state index contributed by atoms with van der Waals surface area (Å²) in [7, 11) is -2.34. The Morgan fingerprint density at radius 3 is 2.23 bits per heavy atom. The Bertz CT molecular complexity index is 853. The van der Waals surface area contributed by atoms with E-state index in [4.69, 9.17) is 0 Å². The monoisotopic (exact) mass is 395 g/mol. The lowest BCUT2D eigenvalue weighted by atomic mass is 10.2. The van der Waals surface area contributed by atoms with E-state index < -0.39 is 10.0 Å². The first-order valence-corrected chi connectivity index (χ1v) is 9.59. The zero-order valence-electron chi connectivity index (χ0n) is 14.5. The van der Waals surface area contributed by atoms with Crippen LogP contribution in [0.5, 0.6) is 0 Å². The fourth-order valence-electron chi connectivity index (χ4n) is 2.83. The molecular weight excluding hydrogens is 374 g/mol. The molecule has 0 unspecified atom stereocenters. The van der Waals surface area contributed by atoms with E-state index in [0.29, 0.717) is 31.9 Å². The number of anilines is 1. The summed E-state index contributed by atoms with van der Waals surface area (Å²) < 4.78 is 27.4. The van der Waals surface area contributed by atoms with Gasteiger partial charge in [-0.3, -0.25) is 9.10 Å². The van der Waals surface area contributed by atoms with Gasteiger partial charge in [-0.1, -0.05) is 30.3 Å². The molecular formula is C18H22ClN3O3S. The van der Waals surface area contributed by atoms with Crippen molar-refractivity contribution in [1.82, 2.24) is 10.2 Å². The van der Waals surface area contributed by atoms with Crippen molar-refractivity contribution in [3.05, 3.63) is 60.2 Å². The molecule has 8 heteroatoms. The summed E-state index contributed by atoms with van der Waals surface area (Å²) in [6, 6.07) is 15.2. The van der Waals surface area contributed by atoms with Crippen LogP contribution in [-0.2, 0) is 10.0 Å². The lowest BCUT2D eigenvalue weighted by molar-refractivity contribution is 0.0732. The number of nitrogens with zero attached hydrogens (tertiary/aromatic N) is 2. The lowest BCUT2D eigenvalue weighted by Crippen LogP contribution is -2.46. The normalized spacial score (nSPS) is 14.4. The van der Waals surface area contributed by atoms with Crippen molar-refractivity contribution < 1.29 is 13.2 Å². The molecule has 0 aromatic heterocycles. The van der Waals surface area contributed by atoms with Crippen molar-refractivity contribution in [3.8, 4) is 0 Å². The molecule has 1 fully saturated rings. The number of amides is 1. The third-order valence-electron chi connectivity index (χ3n) is 4.28. The van der Waals surface area contributed by atoms with Crippen LogP contribution in [0.15, 0.2) is 59.5 Å². The van der Waals surface area contributed by atoms with Crippen molar-refractivity contribution in [1.29, 1.82) is 0 Å². The molecule has 2 aromatic rings. The first-order chi connectivity index (χ1) is 12.0.